The Labute approximate surface area is 156 Å². The monoisotopic (exact) mass is 353 g/mol. The first-order valence-electron chi connectivity index (χ1n) is 10.6. The number of fused-ring (bicyclic) bond motifs is 2. The lowest BCUT2D eigenvalue weighted by Gasteiger charge is -2.46. The largest absolute Gasteiger partial charge is 0.339 e. The van der Waals surface area contributed by atoms with Crippen molar-refractivity contribution in [1.82, 2.24) is 10.2 Å². The van der Waals surface area contributed by atoms with Crippen molar-refractivity contribution in [2.45, 2.75) is 50.6 Å². The van der Waals surface area contributed by atoms with Gasteiger partial charge in [-0.2, -0.15) is 0 Å². The Balaban J connectivity index is 1.25. The predicted molar refractivity (Wildman–Crippen MR) is 104 cm³/mol. The van der Waals surface area contributed by atoms with E-state index in [1.165, 1.54) is 44.3 Å². The van der Waals surface area contributed by atoms with E-state index in [2.05, 4.69) is 39.4 Å². The maximum Gasteiger partial charge on any atom is 0.241 e. The molecule has 0 radical (unpaired) electrons. The average Bonchev–Trinajstić information content (AvgIpc) is 3.21. The summed E-state index contributed by atoms with van der Waals surface area (Å²) >= 11 is 0. The fraction of sp³-hybridized carbons (Fsp3) is 0.682. The third-order valence-electron chi connectivity index (χ3n) is 7.63. The molecule has 1 N–H and O–H groups in total. The Morgan fingerprint density at radius 1 is 1.04 bits per heavy atom. The van der Waals surface area contributed by atoms with Crippen LogP contribution < -0.4 is 10.2 Å². The van der Waals surface area contributed by atoms with Crippen LogP contribution in [0.1, 0.15) is 44.9 Å². The Bertz CT molecular complexity index is 653. The van der Waals surface area contributed by atoms with Crippen LogP contribution in [0.25, 0.3) is 0 Å². The molecule has 4 aliphatic rings. The van der Waals surface area contributed by atoms with Crippen LogP contribution in [-0.2, 0) is 4.79 Å². The van der Waals surface area contributed by atoms with E-state index in [1.807, 2.05) is 6.07 Å². The molecule has 1 amide bonds. The molecule has 2 aliphatic carbocycles. The summed E-state index contributed by atoms with van der Waals surface area (Å²) in [5.41, 5.74) is 1.00. The first-order chi connectivity index (χ1) is 12.7. The lowest BCUT2D eigenvalue weighted by atomic mass is 9.79. The fourth-order valence-corrected chi connectivity index (χ4v) is 6.17. The zero-order chi connectivity index (χ0) is 17.6. The number of likely N-dealkylation sites (tertiary alicyclic amines) is 1. The van der Waals surface area contributed by atoms with E-state index < -0.39 is 0 Å². The molecule has 2 bridgehead atoms. The van der Waals surface area contributed by atoms with Crippen molar-refractivity contribution < 1.29 is 4.79 Å². The molecule has 2 saturated heterocycles. The number of carbonyl (C=O) groups excluding carboxylic acids is 1. The number of para-hydroxylation sites is 1. The number of piperidine rings is 1. The summed E-state index contributed by atoms with van der Waals surface area (Å²) in [7, 11) is 0. The first-order valence-corrected chi connectivity index (χ1v) is 10.6. The summed E-state index contributed by atoms with van der Waals surface area (Å²) in [6, 6.07) is 10.4. The molecule has 4 heteroatoms. The van der Waals surface area contributed by atoms with Crippen molar-refractivity contribution in [3.8, 4) is 0 Å². The van der Waals surface area contributed by atoms with Crippen LogP contribution in [-0.4, -0.2) is 42.6 Å². The average molecular weight is 354 g/mol. The highest BCUT2D eigenvalue weighted by molar-refractivity contribution is 5.86. The number of amides is 1. The lowest BCUT2D eigenvalue weighted by molar-refractivity contribution is -0.119. The number of anilines is 1. The normalized spacial score (nSPS) is 33.6. The minimum atomic E-state index is -0.167. The second-order valence-electron chi connectivity index (χ2n) is 9.08. The van der Waals surface area contributed by atoms with Crippen molar-refractivity contribution in [2.24, 2.45) is 17.8 Å². The number of carbonyl (C=O) groups is 1. The highest BCUT2D eigenvalue weighted by Crippen LogP contribution is 2.46. The zero-order valence-corrected chi connectivity index (χ0v) is 15.7. The van der Waals surface area contributed by atoms with Gasteiger partial charge in [-0.15, -0.1) is 0 Å². The first kappa shape index (κ1) is 16.6. The Morgan fingerprint density at radius 3 is 2.62 bits per heavy atom. The molecule has 4 fully saturated rings. The minimum Gasteiger partial charge on any atom is -0.339 e. The van der Waals surface area contributed by atoms with E-state index in [4.69, 9.17) is 0 Å². The van der Waals surface area contributed by atoms with Gasteiger partial charge >= 0.3 is 0 Å². The second-order valence-corrected chi connectivity index (χ2v) is 9.08. The van der Waals surface area contributed by atoms with Crippen molar-refractivity contribution in [2.75, 3.05) is 31.1 Å². The third kappa shape index (κ3) is 2.92. The van der Waals surface area contributed by atoms with Gasteiger partial charge in [-0.05, 0) is 49.1 Å². The van der Waals surface area contributed by atoms with Crippen molar-refractivity contribution in [1.29, 1.82) is 0 Å². The molecule has 4 nitrogen and oxygen atoms in total. The van der Waals surface area contributed by atoms with Gasteiger partial charge in [-0.1, -0.05) is 31.0 Å². The standard InChI is InChI=1S/C22H31N3O/c26-21-16-25(20-4-2-1-3-5-20)22(23-21)10-12-24(13-11-22)15-19-9-7-17-6-8-18(19)14-17/h1-5,17-19H,6-16H2,(H,23,26). The number of hydrogen-bond acceptors (Lipinski definition) is 3. The van der Waals surface area contributed by atoms with Gasteiger partial charge in [0.1, 0.15) is 5.66 Å². The molecular formula is C22H31N3O. The summed E-state index contributed by atoms with van der Waals surface area (Å²) in [5, 5.41) is 3.33. The number of rotatable bonds is 3. The smallest absolute Gasteiger partial charge is 0.241 e. The molecule has 3 atom stereocenters. The maximum absolute atomic E-state index is 12.2. The SMILES string of the molecule is O=C1CN(c2ccccc2)C2(CCN(CC3CCC4CCC3C4)CC2)N1. The van der Waals surface area contributed by atoms with E-state index >= 15 is 0 Å². The zero-order valence-electron chi connectivity index (χ0n) is 15.7. The molecule has 2 aliphatic heterocycles. The molecule has 1 aromatic rings. The quantitative estimate of drug-likeness (QED) is 0.906. The van der Waals surface area contributed by atoms with Crippen molar-refractivity contribution in [3.05, 3.63) is 30.3 Å². The molecule has 2 heterocycles. The highest BCUT2D eigenvalue weighted by Gasteiger charge is 2.47. The molecule has 1 aromatic carbocycles. The maximum atomic E-state index is 12.2. The van der Waals surface area contributed by atoms with Gasteiger partial charge in [0.2, 0.25) is 5.91 Å². The van der Waals surface area contributed by atoms with Crippen molar-refractivity contribution in [3.63, 3.8) is 0 Å². The van der Waals surface area contributed by atoms with Crippen LogP contribution in [0.4, 0.5) is 5.69 Å². The molecule has 0 aromatic heterocycles. The second kappa shape index (κ2) is 6.56. The van der Waals surface area contributed by atoms with Crippen LogP contribution in [0, 0.1) is 17.8 Å². The van der Waals surface area contributed by atoms with Crippen LogP contribution in [0.2, 0.25) is 0 Å². The summed E-state index contributed by atoms with van der Waals surface area (Å²) in [6.07, 6.45) is 9.45. The third-order valence-corrected chi connectivity index (χ3v) is 7.63. The molecule has 140 valence electrons. The topological polar surface area (TPSA) is 35.6 Å². The minimum absolute atomic E-state index is 0.167. The van der Waals surface area contributed by atoms with Crippen LogP contribution in [0.3, 0.4) is 0 Å². The number of nitrogens with zero attached hydrogens (tertiary/aromatic N) is 2. The van der Waals surface area contributed by atoms with Crippen LogP contribution >= 0.6 is 0 Å². The number of hydrogen-bond donors (Lipinski definition) is 1. The van der Waals surface area contributed by atoms with Gasteiger partial charge in [0.05, 0.1) is 6.54 Å². The van der Waals surface area contributed by atoms with Crippen LogP contribution in [0.15, 0.2) is 30.3 Å². The summed E-state index contributed by atoms with van der Waals surface area (Å²) in [6.45, 7) is 4.00. The molecule has 1 spiro atoms. The number of benzene rings is 1. The fourth-order valence-electron chi connectivity index (χ4n) is 6.17. The summed E-state index contributed by atoms with van der Waals surface area (Å²) < 4.78 is 0. The van der Waals surface area contributed by atoms with E-state index in [0.29, 0.717) is 6.54 Å². The Hall–Kier alpha value is -1.55. The van der Waals surface area contributed by atoms with E-state index in [1.54, 1.807) is 0 Å². The van der Waals surface area contributed by atoms with Crippen LogP contribution in [0.5, 0.6) is 0 Å². The summed E-state index contributed by atoms with van der Waals surface area (Å²) in [5.74, 6) is 3.14. The Morgan fingerprint density at radius 2 is 1.81 bits per heavy atom. The van der Waals surface area contributed by atoms with Gasteiger partial charge in [-0.3, -0.25) is 4.79 Å². The van der Waals surface area contributed by atoms with E-state index in [0.717, 1.165) is 43.7 Å². The predicted octanol–water partition coefficient (Wildman–Crippen LogP) is 3.24. The van der Waals surface area contributed by atoms with E-state index in [-0.39, 0.29) is 11.6 Å². The molecular weight excluding hydrogens is 322 g/mol. The van der Waals surface area contributed by atoms with E-state index in [9.17, 15) is 4.79 Å². The van der Waals surface area contributed by atoms with Gasteiger partial charge in [0.25, 0.3) is 0 Å². The van der Waals surface area contributed by atoms with Gasteiger partial charge in [0, 0.05) is 38.2 Å². The van der Waals surface area contributed by atoms with Crippen molar-refractivity contribution >= 4 is 11.6 Å². The lowest BCUT2D eigenvalue weighted by Crippen LogP contribution is -2.59. The van der Waals surface area contributed by atoms with Gasteiger partial charge in [0.15, 0.2) is 0 Å². The summed E-state index contributed by atoms with van der Waals surface area (Å²) in [4.78, 5) is 17.2. The van der Waals surface area contributed by atoms with Gasteiger partial charge < -0.3 is 15.1 Å². The number of nitrogens with one attached hydrogen (secondary N) is 1. The molecule has 3 unspecified atom stereocenters. The molecule has 26 heavy (non-hydrogen) atoms. The van der Waals surface area contributed by atoms with Gasteiger partial charge in [-0.25, -0.2) is 0 Å². The molecule has 5 rings (SSSR count). The highest BCUT2D eigenvalue weighted by atomic mass is 16.2. The Kier molecular flexibility index (Phi) is 4.19. The molecule has 2 saturated carbocycles.